The molecule has 0 aromatic rings. The Balaban J connectivity index is 0.00000121. The van der Waals surface area contributed by atoms with Crippen molar-refractivity contribution in [2.24, 2.45) is 0 Å². The lowest BCUT2D eigenvalue weighted by atomic mass is 10.2. The third-order valence-corrected chi connectivity index (χ3v) is 1.65. The number of halogens is 1. The summed E-state index contributed by atoms with van der Waals surface area (Å²) in [5.74, 6) is 0. The second-order valence-corrected chi connectivity index (χ2v) is 2.62. The van der Waals surface area contributed by atoms with Crippen molar-refractivity contribution in [1.82, 2.24) is 4.90 Å². The van der Waals surface area contributed by atoms with Crippen LogP contribution in [0.3, 0.4) is 0 Å². The Bertz CT molecular complexity index is 248. The average Bonchev–Trinajstić information content (AvgIpc) is 1.94. The maximum Gasteiger partial charge on any atom is 0.268 e. The number of hydrogen-bond donors (Lipinski definition) is 0. The van der Waals surface area contributed by atoms with Gasteiger partial charge in [0.1, 0.15) is 6.54 Å². The Morgan fingerprint density at radius 3 is 2.67 bits per heavy atom. The molecule has 1 rings (SSSR count). The molecule has 0 fully saturated rings. The molecule has 12 heavy (non-hydrogen) atoms. The second-order valence-electron chi connectivity index (χ2n) is 2.62. The number of nitro groups is 1. The van der Waals surface area contributed by atoms with Crippen LogP contribution in [0.4, 0.5) is 0 Å². The molecule has 0 saturated carbocycles. The Labute approximate surface area is 88.1 Å². The van der Waals surface area contributed by atoms with Crippen molar-refractivity contribution in [1.29, 1.82) is 0 Å². The number of hydrogen-bond acceptors (Lipinski definition) is 3. The summed E-state index contributed by atoms with van der Waals surface area (Å²) in [6, 6.07) is 0. The van der Waals surface area contributed by atoms with Crippen LogP contribution in [0.2, 0.25) is 0 Å². The van der Waals surface area contributed by atoms with Crippen molar-refractivity contribution in [3.63, 3.8) is 0 Å². The van der Waals surface area contributed by atoms with Crippen molar-refractivity contribution in [3.8, 4) is 0 Å². The Morgan fingerprint density at radius 2 is 2.25 bits per heavy atom. The van der Waals surface area contributed by atoms with E-state index in [0.717, 1.165) is 5.57 Å². The van der Waals surface area contributed by atoms with E-state index >= 15 is 0 Å². The first-order chi connectivity index (χ1) is 5.11. The van der Waals surface area contributed by atoms with Crippen LogP contribution in [0.5, 0.6) is 0 Å². The van der Waals surface area contributed by atoms with Gasteiger partial charge in [0.2, 0.25) is 0 Å². The molecule has 0 bridgehead atoms. The van der Waals surface area contributed by atoms with Gasteiger partial charge in [0.25, 0.3) is 5.70 Å². The molecule has 0 aliphatic carbocycles. The van der Waals surface area contributed by atoms with Crippen LogP contribution < -0.4 is 0 Å². The SMILES string of the molecule is CC1=C([N+](=O)[O-])CN(C)C=C1.I. The molecule has 0 aromatic carbocycles. The van der Waals surface area contributed by atoms with E-state index in [1.54, 1.807) is 17.9 Å². The number of nitrogens with zero attached hydrogens (tertiary/aromatic N) is 2. The highest BCUT2D eigenvalue weighted by molar-refractivity contribution is 14.0. The third-order valence-electron chi connectivity index (χ3n) is 1.65. The highest BCUT2D eigenvalue weighted by atomic mass is 127. The summed E-state index contributed by atoms with van der Waals surface area (Å²) in [5, 5.41) is 10.4. The number of rotatable bonds is 1. The van der Waals surface area contributed by atoms with E-state index < -0.39 is 0 Å². The zero-order chi connectivity index (χ0) is 8.43. The minimum absolute atomic E-state index is 0. The summed E-state index contributed by atoms with van der Waals surface area (Å²) >= 11 is 0. The van der Waals surface area contributed by atoms with Crippen molar-refractivity contribution in [3.05, 3.63) is 33.7 Å². The first-order valence-electron chi connectivity index (χ1n) is 3.34. The van der Waals surface area contributed by atoms with Crippen molar-refractivity contribution < 1.29 is 4.92 Å². The summed E-state index contributed by atoms with van der Waals surface area (Å²) in [6.07, 6.45) is 3.59. The minimum Gasteiger partial charge on any atom is -0.370 e. The van der Waals surface area contributed by atoms with Crippen LogP contribution in [-0.2, 0) is 0 Å². The molecule has 1 aliphatic heterocycles. The zero-order valence-electron chi connectivity index (χ0n) is 6.98. The Morgan fingerprint density at radius 1 is 1.67 bits per heavy atom. The van der Waals surface area contributed by atoms with Crippen LogP contribution in [0.1, 0.15) is 6.92 Å². The summed E-state index contributed by atoms with van der Waals surface area (Å²) in [6.45, 7) is 2.15. The van der Waals surface area contributed by atoms with Gasteiger partial charge in [-0.25, -0.2) is 0 Å². The molecule has 0 unspecified atom stereocenters. The smallest absolute Gasteiger partial charge is 0.268 e. The molecule has 0 saturated heterocycles. The van der Waals surface area contributed by atoms with Gasteiger partial charge in [0.15, 0.2) is 0 Å². The van der Waals surface area contributed by atoms with Gasteiger partial charge in [-0.15, -0.1) is 24.0 Å². The lowest BCUT2D eigenvalue weighted by Crippen LogP contribution is -2.22. The molecular weight excluding hydrogens is 271 g/mol. The van der Waals surface area contributed by atoms with Crippen LogP contribution in [0.25, 0.3) is 0 Å². The molecule has 0 spiro atoms. The van der Waals surface area contributed by atoms with Crippen molar-refractivity contribution >= 4 is 24.0 Å². The molecular formula is C7H11IN2O2. The van der Waals surface area contributed by atoms with Crippen LogP contribution >= 0.6 is 24.0 Å². The molecule has 68 valence electrons. The van der Waals surface area contributed by atoms with Gasteiger partial charge in [0.05, 0.1) is 4.92 Å². The standard InChI is InChI=1S/C7H10N2O2.HI/c1-6-3-4-8(2)5-7(6)9(10)11;/h3-4H,5H2,1-2H3;1H. The van der Waals surface area contributed by atoms with Gasteiger partial charge in [-0.05, 0) is 19.2 Å². The summed E-state index contributed by atoms with van der Waals surface area (Å²) in [5.41, 5.74) is 1.03. The highest BCUT2D eigenvalue weighted by Crippen LogP contribution is 2.12. The molecule has 0 radical (unpaired) electrons. The van der Waals surface area contributed by atoms with Crippen LogP contribution in [0.15, 0.2) is 23.5 Å². The maximum atomic E-state index is 10.4. The first-order valence-corrected chi connectivity index (χ1v) is 3.34. The zero-order valence-corrected chi connectivity index (χ0v) is 9.31. The maximum absolute atomic E-state index is 10.4. The molecule has 0 amide bonds. The van der Waals surface area contributed by atoms with E-state index in [9.17, 15) is 10.1 Å². The van der Waals surface area contributed by atoms with Crippen molar-refractivity contribution in [2.75, 3.05) is 13.6 Å². The van der Waals surface area contributed by atoms with Gasteiger partial charge < -0.3 is 4.90 Å². The van der Waals surface area contributed by atoms with Crippen molar-refractivity contribution in [2.45, 2.75) is 6.92 Å². The van der Waals surface area contributed by atoms with Gasteiger partial charge in [-0.2, -0.15) is 0 Å². The second kappa shape index (κ2) is 4.44. The van der Waals surface area contributed by atoms with Gasteiger partial charge in [0, 0.05) is 12.6 Å². The van der Waals surface area contributed by atoms with E-state index in [0.29, 0.717) is 6.54 Å². The van der Waals surface area contributed by atoms with E-state index in [1.165, 1.54) is 0 Å². The molecule has 0 atom stereocenters. The molecule has 1 aliphatic rings. The van der Waals surface area contributed by atoms with Gasteiger partial charge >= 0.3 is 0 Å². The van der Waals surface area contributed by atoms with Gasteiger partial charge in [-0.1, -0.05) is 0 Å². The molecule has 4 nitrogen and oxygen atoms in total. The average molecular weight is 282 g/mol. The topological polar surface area (TPSA) is 46.4 Å². The summed E-state index contributed by atoms with van der Waals surface area (Å²) < 4.78 is 0. The highest BCUT2D eigenvalue weighted by Gasteiger charge is 2.17. The lowest BCUT2D eigenvalue weighted by molar-refractivity contribution is -0.428. The van der Waals surface area contributed by atoms with Crippen LogP contribution in [0, 0.1) is 10.1 Å². The first kappa shape index (κ1) is 11.4. The predicted molar refractivity (Wildman–Crippen MR) is 56.9 cm³/mol. The largest absolute Gasteiger partial charge is 0.370 e. The van der Waals surface area contributed by atoms with Crippen LogP contribution in [-0.4, -0.2) is 23.4 Å². The summed E-state index contributed by atoms with van der Waals surface area (Å²) in [4.78, 5) is 11.9. The predicted octanol–water partition coefficient (Wildman–Crippen LogP) is 1.61. The lowest BCUT2D eigenvalue weighted by Gasteiger charge is -2.16. The Kier molecular flexibility index (Phi) is 4.22. The monoisotopic (exact) mass is 282 g/mol. The molecule has 5 heteroatoms. The fraction of sp³-hybridized carbons (Fsp3) is 0.429. The number of allylic oxidation sites excluding steroid dienone is 2. The van der Waals surface area contributed by atoms with E-state index in [1.807, 2.05) is 13.2 Å². The molecule has 0 N–H and O–H groups in total. The fourth-order valence-electron chi connectivity index (χ4n) is 0.951. The van der Waals surface area contributed by atoms with E-state index in [2.05, 4.69) is 0 Å². The van der Waals surface area contributed by atoms with E-state index in [-0.39, 0.29) is 34.6 Å². The molecule has 1 heterocycles. The third kappa shape index (κ3) is 2.47. The Hall–Kier alpha value is -0.590. The van der Waals surface area contributed by atoms with E-state index in [4.69, 9.17) is 0 Å². The normalized spacial score (nSPS) is 16.0. The van der Waals surface area contributed by atoms with Gasteiger partial charge in [-0.3, -0.25) is 10.1 Å². The minimum atomic E-state index is -0.324. The molecule has 0 aromatic heterocycles. The quantitative estimate of drug-likeness (QED) is 0.417. The summed E-state index contributed by atoms with van der Waals surface area (Å²) in [7, 11) is 1.81. The fourth-order valence-corrected chi connectivity index (χ4v) is 0.951. The number of likely N-dealkylation sites (N-methyl/N-ethyl adjacent to an activating group) is 1.